The van der Waals surface area contributed by atoms with Gasteiger partial charge >= 0.3 is 5.97 Å². The molecule has 0 aliphatic heterocycles. The van der Waals surface area contributed by atoms with Gasteiger partial charge in [0, 0.05) is 6.42 Å². The number of rotatable bonds is 6. The third kappa shape index (κ3) is 5.09. The van der Waals surface area contributed by atoms with Crippen LogP contribution in [-0.4, -0.2) is 39.8 Å². The molecule has 0 heterocycles. The first-order chi connectivity index (χ1) is 7.16. The minimum absolute atomic E-state index is 0.0804. The van der Waals surface area contributed by atoms with Crippen LogP contribution in [0.25, 0.3) is 0 Å². The van der Waals surface area contributed by atoms with Crippen LogP contribution in [0.3, 0.4) is 0 Å². The highest BCUT2D eigenvalue weighted by molar-refractivity contribution is 5.82. The molecule has 0 saturated heterocycles. The Balaban J connectivity index is 4.20. The normalized spacial score (nSPS) is 15.3. The van der Waals surface area contributed by atoms with Crippen molar-refractivity contribution in [2.45, 2.75) is 51.3 Å². The predicted molar refractivity (Wildman–Crippen MR) is 58.7 cm³/mol. The van der Waals surface area contributed by atoms with Crippen molar-refractivity contribution in [1.29, 1.82) is 0 Å². The number of aliphatic hydroxyl groups excluding tert-OH is 1. The van der Waals surface area contributed by atoms with Gasteiger partial charge in [-0.15, -0.1) is 0 Å². The molecular weight excluding hydrogens is 212 g/mol. The lowest BCUT2D eigenvalue weighted by Gasteiger charge is -2.30. The van der Waals surface area contributed by atoms with Gasteiger partial charge < -0.3 is 21.3 Å². The molecule has 16 heavy (non-hydrogen) atoms. The molecule has 0 spiro atoms. The second kappa shape index (κ2) is 5.81. The fourth-order valence-electron chi connectivity index (χ4n) is 0.925. The first-order valence-corrected chi connectivity index (χ1v) is 5.14. The molecule has 1 amide bonds. The highest BCUT2D eigenvalue weighted by Gasteiger charge is 2.28. The van der Waals surface area contributed by atoms with Crippen LogP contribution in [0.4, 0.5) is 0 Å². The van der Waals surface area contributed by atoms with Gasteiger partial charge in [-0.25, -0.2) is 0 Å². The summed E-state index contributed by atoms with van der Waals surface area (Å²) in [4.78, 5) is 21.8. The number of amides is 1. The zero-order valence-corrected chi connectivity index (χ0v) is 9.86. The molecule has 0 aliphatic rings. The zero-order chi connectivity index (χ0) is 12.9. The second-order valence-electron chi connectivity index (χ2n) is 4.43. The third-order valence-corrected chi connectivity index (χ3v) is 2.50. The molecule has 0 fully saturated rings. The van der Waals surface area contributed by atoms with Gasteiger partial charge in [0.15, 0.2) is 0 Å². The molecule has 6 heteroatoms. The Hall–Kier alpha value is -1.14. The molecule has 0 aliphatic carbocycles. The van der Waals surface area contributed by atoms with Crippen molar-refractivity contribution >= 4 is 11.9 Å². The fraction of sp³-hybridized carbons (Fsp3) is 0.800. The molecule has 94 valence electrons. The Morgan fingerprint density at radius 3 is 2.31 bits per heavy atom. The molecule has 2 atom stereocenters. The van der Waals surface area contributed by atoms with Crippen molar-refractivity contribution < 1.29 is 19.8 Å². The Morgan fingerprint density at radius 1 is 1.44 bits per heavy atom. The van der Waals surface area contributed by atoms with E-state index in [0.29, 0.717) is 0 Å². The number of aliphatic hydroxyl groups is 1. The van der Waals surface area contributed by atoms with Gasteiger partial charge in [-0.3, -0.25) is 9.59 Å². The number of carboxylic acid groups (broad SMARTS) is 1. The first kappa shape index (κ1) is 14.9. The van der Waals surface area contributed by atoms with Crippen molar-refractivity contribution in [2.24, 2.45) is 5.73 Å². The quantitative estimate of drug-likeness (QED) is 0.491. The van der Waals surface area contributed by atoms with Gasteiger partial charge in [0.2, 0.25) is 5.91 Å². The topological polar surface area (TPSA) is 113 Å². The predicted octanol–water partition coefficient (Wildman–Crippen LogP) is -0.546. The molecule has 2 unspecified atom stereocenters. The zero-order valence-electron chi connectivity index (χ0n) is 9.86. The number of nitrogens with two attached hydrogens (primary N) is 1. The number of hydrogen-bond donors (Lipinski definition) is 4. The molecule has 0 rings (SSSR count). The number of hydrogen-bond acceptors (Lipinski definition) is 4. The van der Waals surface area contributed by atoms with Gasteiger partial charge in [-0.05, 0) is 27.2 Å². The first-order valence-electron chi connectivity index (χ1n) is 5.14. The van der Waals surface area contributed by atoms with Gasteiger partial charge in [0.25, 0.3) is 0 Å². The highest BCUT2D eigenvalue weighted by atomic mass is 16.4. The van der Waals surface area contributed by atoms with Crippen molar-refractivity contribution in [2.75, 3.05) is 0 Å². The van der Waals surface area contributed by atoms with Crippen molar-refractivity contribution in [1.82, 2.24) is 5.32 Å². The standard InChI is InChI=1S/C10H20N2O4/c1-6(13)10(2,3)12-9(16)7(11)4-5-8(14)15/h6-7,13H,4-5,11H2,1-3H3,(H,12,16)(H,14,15). The van der Waals surface area contributed by atoms with Crippen molar-refractivity contribution in [3.05, 3.63) is 0 Å². The van der Waals surface area contributed by atoms with Crippen LogP contribution in [0.15, 0.2) is 0 Å². The van der Waals surface area contributed by atoms with E-state index >= 15 is 0 Å². The molecule has 0 radical (unpaired) electrons. The average molecular weight is 232 g/mol. The summed E-state index contributed by atoms with van der Waals surface area (Å²) >= 11 is 0. The summed E-state index contributed by atoms with van der Waals surface area (Å²) in [7, 11) is 0. The van der Waals surface area contributed by atoms with Crippen LogP contribution >= 0.6 is 0 Å². The molecule has 5 N–H and O–H groups in total. The average Bonchev–Trinajstić information content (AvgIpc) is 2.12. The van der Waals surface area contributed by atoms with E-state index in [-0.39, 0.29) is 12.8 Å². The number of nitrogens with one attached hydrogen (secondary N) is 1. The molecule has 6 nitrogen and oxygen atoms in total. The summed E-state index contributed by atoms with van der Waals surface area (Å²) in [6.45, 7) is 4.89. The Morgan fingerprint density at radius 2 is 1.94 bits per heavy atom. The van der Waals surface area contributed by atoms with Gasteiger partial charge in [-0.2, -0.15) is 0 Å². The van der Waals surface area contributed by atoms with Crippen molar-refractivity contribution in [3.63, 3.8) is 0 Å². The van der Waals surface area contributed by atoms with E-state index in [1.54, 1.807) is 20.8 Å². The molecule has 0 bridgehead atoms. The molecular formula is C10H20N2O4. The maximum atomic E-state index is 11.5. The van der Waals surface area contributed by atoms with Crippen LogP contribution in [0, 0.1) is 0 Å². The van der Waals surface area contributed by atoms with E-state index in [1.807, 2.05) is 0 Å². The summed E-state index contributed by atoms with van der Waals surface area (Å²) in [5, 5.41) is 20.4. The summed E-state index contributed by atoms with van der Waals surface area (Å²) in [6.07, 6.45) is -0.788. The summed E-state index contributed by atoms with van der Waals surface area (Å²) in [6, 6.07) is -0.867. The van der Waals surface area contributed by atoms with Gasteiger partial charge in [0.05, 0.1) is 17.7 Å². The van der Waals surface area contributed by atoms with Crippen LogP contribution in [0.5, 0.6) is 0 Å². The van der Waals surface area contributed by atoms with E-state index in [9.17, 15) is 14.7 Å². The lowest BCUT2D eigenvalue weighted by Crippen LogP contribution is -2.55. The fourth-order valence-corrected chi connectivity index (χ4v) is 0.925. The van der Waals surface area contributed by atoms with Crippen molar-refractivity contribution in [3.8, 4) is 0 Å². The van der Waals surface area contributed by atoms with Gasteiger partial charge in [0.1, 0.15) is 0 Å². The summed E-state index contributed by atoms with van der Waals surface area (Å²) < 4.78 is 0. The Labute approximate surface area is 94.8 Å². The van der Waals surface area contributed by atoms with E-state index in [0.717, 1.165) is 0 Å². The summed E-state index contributed by atoms with van der Waals surface area (Å²) in [5.74, 6) is -1.44. The molecule has 0 aromatic heterocycles. The Kier molecular flexibility index (Phi) is 5.40. The van der Waals surface area contributed by atoms with Crippen LogP contribution in [0.2, 0.25) is 0 Å². The largest absolute Gasteiger partial charge is 0.481 e. The van der Waals surface area contributed by atoms with E-state index < -0.39 is 29.6 Å². The smallest absolute Gasteiger partial charge is 0.303 e. The van der Waals surface area contributed by atoms with Gasteiger partial charge in [-0.1, -0.05) is 0 Å². The number of carbonyl (C=O) groups excluding carboxylic acids is 1. The SMILES string of the molecule is CC(O)C(C)(C)NC(=O)C(N)CCC(=O)O. The summed E-state index contributed by atoms with van der Waals surface area (Å²) in [5.41, 5.74) is 4.74. The maximum Gasteiger partial charge on any atom is 0.303 e. The van der Waals surface area contributed by atoms with Crippen LogP contribution in [-0.2, 0) is 9.59 Å². The van der Waals surface area contributed by atoms with E-state index in [1.165, 1.54) is 0 Å². The number of carbonyl (C=O) groups is 2. The maximum absolute atomic E-state index is 11.5. The molecule has 0 aromatic carbocycles. The highest BCUT2D eigenvalue weighted by Crippen LogP contribution is 2.09. The van der Waals surface area contributed by atoms with Crippen LogP contribution < -0.4 is 11.1 Å². The molecule has 0 saturated carbocycles. The minimum atomic E-state index is -0.988. The monoisotopic (exact) mass is 232 g/mol. The van der Waals surface area contributed by atoms with Crippen LogP contribution in [0.1, 0.15) is 33.6 Å². The number of carboxylic acids is 1. The van der Waals surface area contributed by atoms with E-state index in [2.05, 4.69) is 5.32 Å². The lowest BCUT2D eigenvalue weighted by atomic mass is 9.98. The van der Waals surface area contributed by atoms with E-state index in [4.69, 9.17) is 10.8 Å². The third-order valence-electron chi connectivity index (χ3n) is 2.50. The minimum Gasteiger partial charge on any atom is -0.481 e. The Bertz CT molecular complexity index is 264. The molecule has 0 aromatic rings. The number of aliphatic carboxylic acids is 1. The second-order valence-corrected chi connectivity index (χ2v) is 4.43. The lowest BCUT2D eigenvalue weighted by molar-refractivity contribution is -0.137.